The van der Waals surface area contributed by atoms with Gasteiger partial charge in [0.15, 0.2) is 0 Å². The number of aryl methyl sites for hydroxylation is 1. The summed E-state index contributed by atoms with van der Waals surface area (Å²) in [5, 5.41) is 0. The zero-order valence-electron chi connectivity index (χ0n) is 11.5. The Morgan fingerprint density at radius 2 is 2.33 bits per heavy atom. The van der Waals surface area contributed by atoms with Crippen LogP contribution < -0.4 is 4.90 Å². The maximum absolute atomic E-state index is 6.02. The van der Waals surface area contributed by atoms with Gasteiger partial charge in [0.1, 0.15) is 0 Å². The first-order valence-electron chi connectivity index (χ1n) is 6.54. The van der Waals surface area contributed by atoms with Crippen molar-refractivity contribution in [1.82, 2.24) is 9.88 Å². The number of piperidine rings is 1. The number of nitrogens with zero attached hydrogens (tertiary/aromatic N) is 3. The molecule has 0 radical (unpaired) electrons. The first-order chi connectivity index (χ1) is 8.61. The van der Waals surface area contributed by atoms with Crippen LogP contribution in [0, 0.1) is 6.92 Å². The van der Waals surface area contributed by atoms with Gasteiger partial charge < -0.3 is 9.80 Å². The van der Waals surface area contributed by atoms with Gasteiger partial charge in [-0.15, -0.1) is 11.6 Å². The largest absolute Gasteiger partial charge is 0.370 e. The second-order valence-electron chi connectivity index (χ2n) is 5.26. The van der Waals surface area contributed by atoms with Crippen molar-refractivity contribution in [2.75, 3.05) is 32.1 Å². The van der Waals surface area contributed by atoms with Crippen LogP contribution in [0.3, 0.4) is 0 Å². The molecule has 0 saturated carbocycles. The molecule has 18 heavy (non-hydrogen) atoms. The van der Waals surface area contributed by atoms with Gasteiger partial charge in [-0.25, -0.2) is 0 Å². The molecule has 0 bridgehead atoms. The number of rotatable bonds is 3. The number of halogens is 1. The van der Waals surface area contributed by atoms with E-state index in [9.17, 15) is 0 Å². The van der Waals surface area contributed by atoms with Crippen molar-refractivity contribution < 1.29 is 0 Å². The fourth-order valence-corrected chi connectivity index (χ4v) is 2.86. The van der Waals surface area contributed by atoms with Crippen molar-refractivity contribution >= 4 is 17.3 Å². The summed E-state index contributed by atoms with van der Waals surface area (Å²) in [5.41, 5.74) is 3.41. The zero-order chi connectivity index (χ0) is 13.1. The van der Waals surface area contributed by atoms with E-state index in [-0.39, 0.29) is 0 Å². The number of anilines is 1. The summed E-state index contributed by atoms with van der Waals surface area (Å²) >= 11 is 6.02. The predicted molar refractivity (Wildman–Crippen MR) is 77.5 cm³/mol. The molecule has 2 heterocycles. The maximum atomic E-state index is 6.02. The van der Waals surface area contributed by atoms with Crippen LogP contribution in [-0.2, 0) is 5.88 Å². The van der Waals surface area contributed by atoms with Crippen LogP contribution in [0.25, 0.3) is 0 Å². The number of likely N-dealkylation sites (N-methyl/N-ethyl adjacent to an activating group) is 2. The predicted octanol–water partition coefficient (Wildman–Crippen LogP) is 2.66. The Balaban J connectivity index is 2.21. The minimum Gasteiger partial charge on any atom is -0.370 e. The zero-order valence-corrected chi connectivity index (χ0v) is 12.2. The number of hydrogen-bond acceptors (Lipinski definition) is 3. The lowest BCUT2D eigenvalue weighted by molar-refractivity contribution is 0.248. The van der Waals surface area contributed by atoms with E-state index in [1.807, 2.05) is 13.1 Å². The van der Waals surface area contributed by atoms with Gasteiger partial charge in [0.25, 0.3) is 0 Å². The van der Waals surface area contributed by atoms with Crippen molar-refractivity contribution in [3.8, 4) is 0 Å². The lowest BCUT2D eigenvalue weighted by Crippen LogP contribution is -2.45. The van der Waals surface area contributed by atoms with Crippen LogP contribution >= 0.6 is 11.6 Å². The molecule has 1 aliphatic rings. The molecule has 1 fully saturated rings. The van der Waals surface area contributed by atoms with Crippen LogP contribution in [-0.4, -0.2) is 43.1 Å². The molecule has 4 heteroatoms. The molecule has 2 rings (SSSR count). The van der Waals surface area contributed by atoms with Crippen LogP contribution in [0.2, 0.25) is 0 Å². The Labute approximate surface area is 115 Å². The molecule has 100 valence electrons. The van der Waals surface area contributed by atoms with Gasteiger partial charge in [0.2, 0.25) is 0 Å². The van der Waals surface area contributed by atoms with Crippen molar-refractivity contribution in [3.63, 3.8) is 0 Å². The molecule has 0 N–H and O–H groups in total. The number of alkyl halides is 1. The Hall–Kier alpha value is -0.800. The molecule has 1 aromatic rings. The summed E-state index contributed by atoms with van der Waals surface area (Å²) in [6, 6.07) is 2.72. The quantitative estimate of drug-likeness (QED) is 0.785. The van der Waals surface area contributed by atoms with Gasteiger partial charge in [0.05, 0.1) is 5.88 Å². The Bertz CT molecular complexity index is 408. The van der Waals surface area contributed by atoms with Crippen molar-refractivity contribution in [2.24, 2.45) is 0 Å². The van der Waals surface area contributed by atoms with Gasteiger partial charge in [-0.2, -0.15) is 0 Å². The van der Waals surface area contributed by atoms with E-state index in [0.717, 1.165) is 17.8 Å². The lowest BCUT2D eigenvalue weighted by atomic mass is 10.0. The molecule has 3 nitrogen and oxygen atoms in total. The third-order valence-electron chi connectivity index (χ3n) is 3.77. The highest BCUT2D eigenvalue weighted by atomic mass is 35.5. The van der Waals surface area contributed by atoms with E-state index in [2.05, 4.69) is 34.9 Å². The fourth-order valence-electron chi connectivity index (χ4n) is 2.66. The van der Waals surface area contributed by atoms with Crippen LogP contribution in [0.1, 0.15) is 24.1 Å². The van der Waals surface area contributed by atoms with Crippen molar-refractivity contribution in [2.45, 2.75) is 31.7 Å². The molecule has 0 aromatic carbocycles. The van der Waals surface area contributed by atoms with E-state index in [1.165, 1.54) is 25.1 Å². The molecular formula is C14H22ClN3. The highest BCUT2D eigenvalue weighted by Gasteiger charge is 2.22. The summed E-state index contributed by atoms with van der Waals surface area (Å²) in [7, 11) is 4.37. The fraction of sp³-hybridized carbons (Fsp3) is 0.643. The monoisotopic (exact) mass is 267 g/mol. The van der Waals surface area contributed by atoms with Gasteiger partial charge in [-0.1, -0.05) is 0 Å². The van der Waals surface area contributed by atoms with E-state index < -0.39 is 0 Å². The van der Waals surface area contributed by atoms with Crippen molar-refractivity contribution in [3.05, 3.63) is 23.5 Å². The molecule has 0 spiro atoms. The Kier molecular flexibility index (Phi) is 4.46. The lowest BCUT2D eigenvalue weighted by Gasteiger charge is -2.37. The number of pyridine rings is 1. The molecule has 0 aliphatic carbocycles. The molecular weight excluding hydrogens is 246 g/mol. The highest BCUT2D eigenvalue weighted by molar-refractivity contribution is 6.17. The Morgan fingerprint density at radius 1 is 1.56 bits per heavy atom. The average molecular weight is 268 g/mol. The SMILES string of the molecule is Cc1cc(N(C)C2CCCN(C)C2)c(CCl)cn1. The van der Waals surface area contributed by atoms with Crippen LogP contribution in [0.5, 0.6) is 0 Å². The first-order valence-corrected chi connectivity index (χ1v) is 7.08. The summed E-state index contributed by atoms with van der Waals surface area (Å²) in [6.45, 7) is 4.37. The highest BCUT2D eigenvalue weighted by Crippen LogP contribution is 2.26. The van der Waals surface area contributed by atoms with Gasteiger partial charge >= 0.3 is 0 Å². The third-order valence-corrected chi connectivity index (χ3v) is 4.06. The maximum Gasteiger partial charge on any atom is 0.0509 e. The second-order valence-corrected chi connectivity index (χ2v) is 5.52. The Morgan fingerprint density at radius 3 is 3.00 bits per heavy atom. The molecule has 1 atom stereocenters. The topological polar surface area (TPSA) is 19.4 Å². The molecule has 0 amide bonds. The summed E-state index contributed by atoms with van der Waals surface area (Å²) < 4.78 is 0. The molecule has 1 aliphatic heterocycles. The van der Waals surface area contributed by atoms with Gasteiger partial charge in [-0.3, -0.25) is 4.98 Å². The normalized spacial score (nSPS) is 21.0. The van der Waals surface area contributed by atoms with Crippen LogP contribution in [0.4, 0.5) is 5.69 Å². The van der Waals surface area contributed by atoms with E-state index >= 15 is 0 Å². The van der Waals surface area contributed by atoms with Crippen molar-refractivity contribution in [1.29, 1.82) is 0 Å². The average Bonchev–Trinajstić information content (AvgIpc) is 2.38. The van der Waals surface area contributed by atoms with E-state index in [4.69, 9.17) is 11.6 Å². The van der Waals surface area contributed by atoms with Crippen LogP contribution in [0.15, 0.2) is 12.3 Å². The number of likely N-dealkylation sites (tertiary alicyclic amines) is 1. The summed E-state index contributed by atoms with van der Waals surface area (Å²) in [6.07, 6.45) is 4.43. The first kappa shape index (κ1) is 13.6. The number of hydrogen-bond donors (Lipinski definition) is 0. The smallest absolute Gasteiger partial charge is 0.0509 e. The van der Waals surface area contributed by atoms with E-state index in [1.54, 1.807) is 0 Å². The summed E-state index contributed by atoms with van der Waals surface area (Å²) in [4.78, 5) is 9.11. The second kappa shape index (κ2) is 5.89. The molecule has 1 unspecified atom stereocenters. The molecule has 1 saturated heterocycles. The minimum atomic E-state index is 0.523. The van der Waals surface area contributed by atoms with E-state index in [0.29, 0.717) is 11.9 Å². The summed E-state index contributed by atoms with van der Waals surface area (Å²) in [5.74, 6) is 0.523. The standard InChI is InChI=1S/C14H22ClN3/c1-11-7-14(12(8-15)9-16-11)18(3)13-5-4-6-17(2)10-13/h7,9,13H,4-6,8,10H2,1-3H3. The van der Waals surface area contributed by atoms with Gasteiger partial charge in [0, 0.05) is 42.8 Å². The van der Waals surface area contributed by atoms with Gasteiger partial charge in [-0.05, 0) is 39.4 Å². The minimum absolute atomic E-state index is 0.523. The third kappa shape index (κ3) is 2.96. The molecule has 1 aromatic heterocycles. The number of aromatic nitrogens is 1.